The third-order valence-electron chi connectivity index (χ3n) is 1.38. The van der Waals surface area contributed by atoms with Crippen LogP contribution in [0.5, 0.6) is 0 Å². The van der Waals surface area contributed by atoms with Gasteiger partial charge in [0.05, 0.1) is 0 Å². The molecule has 5 nitrogen and oxygen atoms in total. The maximum atomic E-state index is 10.2. The molecule has 0 spiro atoms. The van der Waals surface area contributed by atoms with Gasteiger partial charge in [-0.1, -0.05) is 0 Å². The highest BCUT2D eigenvalue weighted by Gasteiger charge is 2.29. The summed E-state index contributed by atoms with van der Waals surface area (Å²) in [4.78, 5) is 10.2. The molecule has 1 unspecified atom stereocenters. The van der Waals surface area contributed by atoms with Crippen molar-refractivity contribution in [3.8, 4) is 0 Å². The monoisotopic (exact) mass is 198 g/mol. The van der Waals surface area contributed by atoms with Crippen LogP contribution in [0.4, 0.5) is 0 Å². The van der Waals surface area contributed by atoms with E-state index in [0.29, 0.717) is 19.4 Å². The first-order chi connectivity index (χ1) is 5.00. The summed E-state index contributed by atoms with van der Waals surface area (Å²) in [5, 5.41) is 17.3. The topological polar surface area (TPSA) is 110 Å². The summed E-state index contributed by atoms with van der Waals surface area (Å²) in [7, 11) is 0. The van der Waals surface area contributed by atoms with Crippen molar-refractivity contribution in [2.75, 3.05) is 6.54 Å². The second kappa shape index (κ2) is 6.19. The summed E-state index contributed by atoms with van der Waals surface area (Å²) in [5.74, 6) is -1.39. The first-order valence-corrected chi connectivity index (χ1v) is 3.45. The maximum Gasteiger partial charge on any atom is 0.350 e. The number of nitrogens with two attached hydrogens (primary N) is 2. The average molecular weight is 199 g/mol. The Hall–Kier alpha value is -0.360. The van der Waals surface area contributed by atoms with Gasteiger partial charge in [-0.05, 0) is 19.4 Å². The quantitative estimate of drug-likeness (QED) is 0.344. The maximum absolute atomic E-state index is 10.2. The van der Waals surface area contributed by atoms with Gasteiger partial charge in [-0.25, -0.2) is 4.79 Å². The predicted molar refractivity (Wildman–Crippen MR) is 46.9 cm³/mol. The normalized spacial score (nSPS) is 14.6. The van der Waals surface area contributed by atoms with Crippen molar-refractivity contribution in [3.63, 3.8) is 0 Å². The van der Waals surface area contributed by atoms with Crippen molar-refractivity contribution in [2.24, 2.45) is 11.5 Å². The lowest BCUT2D eigenvalue weighted by molar-refractivity contribution is -0.158. The van der Waals surface area contributed by atoms with E-state index in [-0.39, 0.29) is 18.8 Å². The molecule has 0 aromatic carbocycles. The van der Waals surface area contributed by atoms with Crippen molar-refractivity contribution >= 4 is 18.4 Å². The van der Waals surface area contributed by atoms with Crippen molar-refractivity contribution in [2.45, 2.75) is 25.0 Å². The number of carboxylic acids is 1. The zero-order valence-corrected chi connectivity index (χ0v) is 7.51. The van der Waals surface area contributed by atoms with Crippen LogP contribution in [0.15, 0.2) is 0 Å². The molecule has 0 amide bonds. The van der Waals surface area contributed by atoms with Gasteiger partial charge in [-0.2, -0.15) is 0 Å². The Morgan fingerprint density at radius 3 is 2.25 bits per heavy atom. The Bertz CT molecular complexity index is 141. The minimum Gasteiger partial charge on any atom is -0.478 e. The molecule has 1 atom stereocenters. The van der Waals surface area contributed by atoms with Crippen molar-refractivity contribution in [1.29, 1.82) is 0 Å². The number of carbonyl (C=O) groups is 1. The molecule has 6 heteroatoms. The van der Waals surface area contributed by atoms with Crippen LogP contribution in [0, 0.1) is 0 Å². The van der Waals surface area contributed by atoms with Gasteiger partial charge < -0.3 is 15.9 Å². The molecule has 6 N–H and O–H groups in total. The van der Waals surface area contributed by atoms with Crippen LogP contribution >= 0.6 is 12.4 Å². The van der Waals surface area contributed by atoms with E-state index in [1.807, 2.05) is 0 Å². The molecule has 0 aliphatic carbocycles. The van der Waals surface area contributed by atoms with E-state index >= 15 is 0 Å². The fraction of sp³-hybridized carbons (Fsp3) is 0.833. The summed E-state index contributed by atoms with van der Waals surface area (Å²) >= 11 is 0. The van der Waals surface area contributed by atoms with Crippen molar-refractivity contribution in [3.05, 3.63) is 0 Å². The van der Waals surface area contributed by atoms with E-state index in [2.05, 4.69) is 0 Å². The summed E-state index contributed by atoms with van der Waals surface area (Å²) < 4.78 is 0. The van der Waals surface area contributed by atoms with Gasteiger partial charge in [-0.3, -0.25) is 5.73 Å². The molecular weight excluding hydrogens is 184 g/mol. The highest BCUT2D eigenvalue weighted by atomic mass is 35.5. The first-order valence-electron chi connectivity index (χ1n) is 3.45. The van der Waals surface area contributed by atoms with Crippen molar-refractivity contribution < 1.29 is 15.0 Å². The number of unbranched alkanes of at least 4 members (excludes halogenated alkanes) is 1. The molecule has 0 aliphatic heterocycles. The fourth-order valence-corrected chi connectivity index (χ4v) is 0.646. The Balaban J connectivity index is 0. The molecule has 0 aromatic heterocycles. The minimum atomic E-state index is -2.09. The zero-order chi connectivity index (χ0) is 8.91. The Labute approximate surface area is 77.1 Å². The third-order valence-corrected chi connectivity index (χ3v) is 1.38. The van der Waals surface area contributed by atoms with Crippen LogP contribution in [0.3, 0.4) is 0 Å². The second-order valence-corrected chi connectivity index (χ2v) is 2.48. The first kappa shape index (κ1) is 14.2. The van der Waals surface area contributed by atoms with Gasteiger partial charge >= 0.3 is 5.97 Å². The van der Waals surface area contributed by atoms with Gasteiger partial charge in [0.25, 0.3) is 0 Å². The Morgan fingerprint density at radius 1 is 1.42 bits per heavy atom. The van der Waals surface area contributed by atoms with E-state index < -0.39 is 11.7 Å². The van der Waals surface area contributed by atoms with Crippen LogP contribution in [0.2, 0.25) is 0 Å². The number of hydrogen-bond acceptors (Lipinski definition) is 4. The number of aliphatic carboxylic acids is 1. The number of aliphatic hydroxyl groups is 1. The Kier molecular flexibility index (Phi) is 7.31. The Morgan fingerprint density at radius 2 is 1.92 bits per heavy atom. The third kappa shape index (κ3) is 5.31. The van der Waals surface area contributed by atoms with Gasteiger partial charge in [0.2, 0.25) is 5.72 Å². The average Bonchev–Trinajstić information content (AvgIpc) is 1.88. The molecule has 12 heavy (non-hydrogen) atoms. The molecule has 0 aromatic rings. The van der Waals surface area contributed by atoms with Gasteiger partial charge in [0, 0.05) is 6.42 Å². The largest absolute Gasteiger partial charge is 0.478 e. The van der Waals surface area contributed by atoms with Gasteiger partial charge in [0.1, 0.15) is 0 Å². The minimum absolute atomic E-state index is 0. The van der Waals surface area contributed by atoms with E-state index in [0.717, 1.165) is 0 Å². The molecular formula is C6H15ClN2O3. The predicted octanol–water partition coefficient (Wildman–Crippen LogP) is -0.731. The van der Waals surface area contributed by atoms with E-state index in [1.165, 1.54) is 0 Å². The second-order valence-electron chi connectivity index (χ2n) is 2.48. The lowest BCUT2D eigenvalue weighted by atomic mass is 10.1. The molecule has 0 rings (SSSR count). The smallest absolute Gasteiger partial charge is 0.350 e. The molecule has 0 heterocycles. The van der Waals surface area contributed by atoms with Gasteiger partial charge in [-0.15, -0.1) is 12.4 Å². The van der Waals surface area contributed by atoms with Crippen LogP contribution in [-0.2, 0) is 4.79 Å². The zero-order valence-electron chi connectivity index (χ0n) is 6.69. The fourth-order valence-electron chi connectivity index (χ4n) is 0.646. The molecule has 0 bridgehead atoms. The highest BCUT2D eigenvalue weighted by molar-refractivity contribution is 5.85. The van der Waals surface area contributed by atoms with E-state index in [4.69, 9.17) is 21.7 Å². The number of rotatable bonds is 5. The molecule has 0 aliphatic rings. The summed E-state index contributed by atoms with van der Waals surface area (Å²) in [6.45, 7) is 0.482. The molecule has 0 radical (unpaired) electrons. The van der Waals surface area contributed by atoms with Crippen molar-refractivity contribution in [1.82, 2.24) is 0 Å². The number of halogens is 1. The van der Waals surface area contributed by atoms with Crippen LogP contribution in [0.25, 0.3) is 0 Å². The highest BCUT2D eigenvalue weighted by Crippen LogP contribution is 2.07. The molecule has 0 saturated heterocycles. The lowest BCUT2D eigenvalue weighted by Crippen LogP contribution is -2.47. The van der Waals surface area contributed by atoms with Crippen LogP contribution in [-0.4, -0.2) is 28.5 Å². The molecule has 0 fully saturated rings. The molecule has 0 saturated carbocycles. The van der Waals surface area contributed by atoms with E-state index in [1.54, 1.807) is 0 Å². The molecule has 74 valence electrons. The SMILES string of the molecule is Cl.NCCCCC(N)(O)C(=O)O. The standard InChI is InChI=1S/C6H14N2O3.ClH/c7-4-2-1-3-6(8,11)5(9)10;/h11H,1-4,7-8H2,(H,9,10);1H. The lowest BCUT2D eigenvalue weighted by Gasteiger charge is -2.16. The van der Waals surface area contributed by atoms with Crippen LogP contribution in [0.1, 0.15) is 19.3 Å². The van der Waals surface area contributed by atoms with Gasteiger partial charge in [0.15, 0.2) is 0 Å². The number of hydrogen-bond donors (Lipinski definition) is 4. The van der Waals surface area contributed by atoms with Crippen LogP contribution < -0.4 is 11.5 Å². The summed E-state index contributed by atoms with van der Waals surface area (Å²) in [6, 6.07) is 0. The number of carboxylic acid groups (broad SMARTS) is 1. The summed E-state index contributed by atoms with van der Waals surface area (Å²) in [5.41, 5.74) is 8.09. The summed E-state index contributed by atoms with van der Waals surface area (Å²) in [6.07, 6.45) is 1.24. The van der Waals surface area contributed by atoms with E-state index in [9.17, 15) is 4.79 Å².